The molecule has 0 bridgehead atoms. The van der Waals surface area contributed by atoms with E-state index in [0.717, 1.165) is 53.4 Å². The standard InChI is InChI=1S/C29H35N5O3S2/c1-4-34(24-9-6-5-7-10-24)39(36,37)25-13-11-23(12-14-25)28(35)33(18-17-32-16-8-15-30-32)29-31-27-22(3)19-21(2)20-26(27)38-29/h8,11-16,19-20,24H,4-7,9-10,17-18H2,1-3H3. The van der Waals surface area contributed by atoms with E-state index in [2.05, 4.69) is 24.2 Å². The minimum atomic E-state index is -3.65. The highest BCUT2D eigenvalue weighted by Crippen LogP contribution is 2.33. The van der Waals surface area contributed by atoms with Gasteiger partial charge < -0.3 is 0 Å². The van der Waals surface area contributed by atoms with Crippen molar-refractivity contribution in [3.63, 3.8) is 0 Å². The molecule has 39 heavy (non-hydrogen) atoms. The zero-order valence-electron chi connectivity index (χ0n) is 22.7. The molecule has 1 fully saturated rings. The fourth-order valence-electron chi connectivity index (χ4n) is 5.45. The molecule has 0 radical (unpaired) electrons. The van der Waals surface area contributed by atoms with Crippen LogP contribution in [0.2, 0.25) is 0 Å². The molecule has 0 N–H and O–H groups in total. The second kappa shape index (κ2) is 11.6. The number of carbonyl (C=O) groups is 1. The molecule has 4 aromatic rings. The minimum Gasteiger partial charge on any atom is -0.282 e. The highest BCUT2D eigenvalue weighted by molar-refractivity contribution is 7.89. The van der Waals surface area contributed by atoms with E-state index in [4.69, 9.17) is 4.98 Å². The monoisotopic (exact) mass is 565 g/mol. The molecule has 2 aromatic heterocycles. The lowest BCUT2D eigenvalue weighted by molar-refractivity contribution is 0.0985. The Bertz CT molecular complexity index is 1540. The summed E-state index contributed by atoms with van der Waals surface area (Å²) in [4.78, 5) is 20.6. The number of nitrogens with zero attached hydrogens (tertiary/aromatic N) is 5. The maximum atomic E-state index is 13.8. The van der Waals surface area contributed by atoms with Gasteiger partial charge in [0.25, 0.3) is 5.91 Å². The highest BCUT2D eigenvalue weighted by Gasteiger charge is 2.31. The van der Waals surface area contributed by atoms with Gasteiger partial charge >= 0.3 is 0 Å². The third-order valence-electron chi connectivity index (χ3n) is 7.41. The van der Waals surface area contributed by atoms with Gasteiger partial charge in [-0.25, -0.2) is 13.4 Å². The zero-order chi connectivity index (χ0) is 27.6. The van der Waals surface area contributed by atoms with Crippen LogP contribution in [0.4, 0.5) is 5.13 Å². The smallest absolute Gasteiger partial charge is 0.260 e. The molecule has 0 saturated heterocycles. The number of amides is 1. The van der Waals surface area contributed by atoms with Crippen LogP contribution in [0.25, 0.3) is 10.2 Å². The summed E-state index contributed by atoms with van der Waals surface area (Å²) in [7, 11) is -3.65. The fourth-order valence-corrected chi connectivity index (χ4v) is 8.31. The van der Waals surface area contributed by atoms with Crippen molar-refractivity contribution in [2.45, 2.75) is 70.4 Å². The molecule has 1 aliphatic carbocycles. The van der Waals surface area contributed by atoms with Crippen LogP contribution < -0.4 is 4.90 Å². The molecule has 2 heterocycles. The van der Waals surface area contributed by atoms with Gasteiger partial charge in [0.1, 0.15) is 0 Å². The third kappa shape index (κ3) is 5.78. The number of anilines is 1. The van der Waals surface area contributed by atoms with Gasteiger partial charge in [0.15, 0.2) is 5.13 Å². The van der Waals surface area contributed by atoms with Gasteiger partial charge in [0, 0.05) is 37.1 Å². The molecule has 2 aromatic carbocycles. The molecule has 1 amide bonds. The van der Waals surface area contributed by atoms with E-state index < -0.39 is 10.0 Å². The molecule has 1 saturated carbocycles. The van der Waals surface area contributed by atoms with Crippen LogP contribution >= 0.6 is 11.3 Å². The van der Waals surface area contributed by atoms with Crippen molar-refractivity contribution in [1.29, 1.82) is 0 Å². The van der Waals surface area contributed by atoms with Crippen molar-refractivity contribution in [1.82, 2.24) is 19.1 Å². The Kier molecular flexibility index (Phi) is 8.16. The van der Waals surface area contributed by atoms with Crippen LogP contribution in [0.15, 0.2) is 59.8 Å². The van der Waals surface area contributed by atoms with E-state index in [1.54, 1.807) is 44.3 Å². The Morgan fingerprint density at radius 3 is 2.51 bits per heavy atom. The average Bonchev–Trinajstić information content (AvgIpc) is 3.60. The van der Waals surface area contributed by atoms with Gasteiger partial charge in [-0.1, -0.05) is 43.6 Å². The van der Waals surface area contributed by atoms with E-state index >= 15 is 0 Å². The Morgan fingerprint density at radius 1 is 1.10 bits per heavy atom. The summed E-state index contributed by atoms with van der Waals surface area (Å²) in [5.41, 5.74) is 3.53. The largest absolute Gasteiger partial charge is 0.282 e. The normalized spacial score (nSPS) is 14.8. The molecule has 206 valence electrons. The van der Waals surface area contributed by atoms with Gasteiger partial charge in [-0.05, 0) is 74.2 Å². The SMILES string of the molecule is CCN(C1CCCCC1)S(=O)(=O)c1ccc(C(=O)N(CCn2cccn2)c2nc3c(C)cc(C)cc3s2)cc1. The third-order valence-corrected chi connectivity index (χ3v) is 10.5. The van der Waals surface area contributed by atoms with Crippen LogP contribution in [0.1, 0.15) is 60.5 Å². The number of aryl methyl sites for hydroxylation is 2. The first-order valence-electron chi connectivity index (χ1n) is 13.6. The van der Waals surface area contributed by atoms with Gasteiger partial charge in [-0.2, -0.15) is 9.40 Å². The fraction of sp³-hybridized carbons (Fsp3) is 0.414. The summed E-state index contributed by atoms with van der Waals surface area (Å²) in [6, 6.07) is 12.4. The lowest BCUT2D eigenvalue weighted by Gasteiger charge is -2.32. The number of thiazole rings is 1. The Balaban J connectivity index is 1.43. The van der Waals surface area contributed by atoms with Gasteiger partial charge in [-0.3, -0.25) is 14.4 Å². The first-order chi connectivity index (χ1) is 18.8. The summed E-state index contributed by atoms with van der Waals surface area (Å²) in [5.74, 6) is -0.223. The van der Waals surface area contributed by atoms with Crippen LogP contribution in [0.3, 0.4) is 0 Å². The maximum absolute atomic E-state index is 13.8. The van der Waals surface area contributed by atoms with E-state index in [0.29, 0.717) is 30.3 Å². The quantitative estimate of drug-likeness (QED) is 0.256. The highest BCUT2D eigenvalue weighted by atomic mass is 32.2. The number of sulfonamides is 1. The van der Waals surface area contributed by atoms with Crippen molar-refractivity contribution >= 4 is 42.6 Å². The molecule has 0 spiro atoms. The first kappa shape index (κ1) is 27.5. The predicted molar refractivity (Wildman–Crippen MR) is 156 cm³/mol. The van der Waals surface area contributed by atoms with E-state index in [-0.39, 0.29) is 16.8 Å². The maximum Gasteiger partial charge on any atom is 0.260 e. The van der Waals surface area contributed by atoms with Crippen molar-refractivity contribution in [3.05, 3.63) is 71.5 Å². The molecular weight excluding hydrogens is 530 g/mol. The van der Waals surface area contributed by atoms with Crippen LogP contribution in [0, 0.1) is 13.8 Å². The summed E-state index contributed by atoms with van der Waals surface area (Å²) >= 11 is 1.49. The lowest BCUT2D eigenvalue weighted by atomic mass is 9.95. The van der Waals surface area contributed by atoms with Crippen LogP contribution in [-0.2, 0) is 16.6 Å². The van der Waals surface area contributed by atoms with E-state index in [9.17, 15) is 13.2 Å². The molecule has 10 heteroatoms. The molecule has 8 nitrogen and oxygen atoms in total. The summed E-state index contributed by atoms with van der Waals surface area (Å²) in [5, 5.41) is 4.89. The van der Waals surface area contributed by atoms with Crippen molar-refractivity contribution in [2.75, 3.05) is 18.0 Å². The van der Waals surface area contributed by atoms with Crippen molar-refractivity contribution in [3.8, 4) is 0 Å². The van der Waals surface area contributed by atoms with E-state index in [1.165, 1.54) is 11.3 Å². The Labute approximate surface area is 234 Å². The number of benzene rings is 2. The molecule has 5 rings (SSSR count). The Hall–Kier alpha value is -3.08. The molecule has 1 aliphatic rings. The second-order valence-electron chi connectivity index (χ2n) is 10.2. The number of aromatic nitrogens is 3. The number of hydrogen-bond donors (Lipinski definition) is 0. The van der Waals surface area contributed by atoms with Gasteiger partial charge in [0.2, 0.25) is 10.0 Å². The van der Waals surface area contributed by atoms with Crippen LogP contribution in [-0.4, -0.2) is 52.5 Å². The zero-order valence-corrected chi connectivity index (χ0v) is 24.3. The van der Waals surface area contributed by atoms with Gasteiger partial charge in [0.05, 0.1) is 21.7 Å². The molecule has 0 unspecified atom stereocenters. The molecule has 0 aliphatic heterocycles. The molecular formula is C29H35N5O3S2. The first-order valence-corrected chi connectivity index (χ1v) is 15.8. The summed E-state index contributed by atoms with van der Waals surface area (Å²) in [6.07, 6.45) is 8.65. The number of fused-ring (bicyclic) bond motifs is 1. The van der Waals surface area contributed by atoms with Crippen LogP contribution in [0.5, 0.6) is 0 Å². The van der Waals surface area contributed by atoms with Gasteiger partial charge in [-0.15, -0.1) is 0 Å². The lowest BCUT2D eigenvalue weighted by Crippen LogP contribution is -2.41. The van der Waals surface area contributed by atoms with Crippen molar-refractivity contribution < 1.29 is 13.2 Å². The topological polar surface area (TPSA) is 88.4 Å². The van der Waals surface area contributed by atoms with Crippen molar-refractivity contribution in [2.24, 2.45) is 0 Å². The average molecular weight is 566 g/mol. The Morgan fingerprint density at radius 2 is 1.85 bits per heavy atom. The number of rotatable bonds is 9. The predicted octanol–water partition coefficient (Wildman–Crippen LogP) is 5.80. The molecule has 0 atom stereocenters. The van der Waals surface area contributed by atoms with E-state index in [1.807, 2.05) is 26.1 Å². The number of hydrogen-bond acceptors (Lipinski definition) is 6. The summed E-state index contributed by atoms with van der Waals surface area (Å²) < 4.78 is 31.5. The minimum absolute atomic E-state index is 0.0407. The second-order valence-corrected chi connectivity index (χ2v) is 13.1. The summed E-state index contributed by atoms with van der Waals surface area (Å²) in [6.45, 7) is 7.29. The number of carbonyl (C=O) groups excluding carboxylic acids is 1.